The maximum atomic E-state index is 12.0. The molecule has 0 aliphatic rings. The Bertz CT molecular complexity index is 562. The number of nitrogens with zero attached hydrogens (tertiary/aromatic N) is 3. The number of rotatable bonds is 4. The molecule has 1 amide bonds. The molecular formula is C13H14ClN3O2. The molecular weight excluding hydrogens is 266 g/mol. The van der Waals surface area contributed by atoms with Gasteiger partial charge < -0.3 is 9.32 Å². The zero-order valence-corrected chi connectivity index (χ0v) is 11.5. The minimum Gasteiger partial charge on any atom is -0.412 e. The Morgan fingerprint density at radius 3 is 2.42 bits per heavy atom. The van der Waals surface area contributed by atoms with Gasteiger partial charge in [-0.1, -0.05) is 11.6 Å². The maximum absolute atomic E-state index is 12.0. The van der Waals surface area contributed by atoms with Crippen LogP contribution in [0.3, 0.4) is 0 Å². The molecule has 1 aromatic carbocycles. The van der Waals surface area contributed by atoms with Crippen molar-refractivity contribution in [2.75, 3.05) is 13.1 Å². The summed E-state index contributed by atoms with van der Waals surface area (Å²) in [6.07, 6.45) is 0. The highest BCUT2D eigenvalue weighted by Gasteiger charge is 2.20. The van der Waals surface area contributed by atoms with Crippen LogP contribution >= 0.6 is 11.6 Å². The van der Waals surface area contributed by atoms with Crippen molar-refractivity contribution < 1.29 is 9.21 Å². The Morgan fingerprint density at radius 2 is 1.84 bits per heavy atom. The van der Waals surface area contributed by atoms with Crippen molar-refractivity contribution >= 4 is 17.5 Å². The molecule has 0 radical (unpaired) electrons. The molecule has 0 fully saturated rings. The Labute approximate surface area is 116 Å². The van der Waals surface area contributed by atoms with E-state index in [0.717, 1.165) is 5.56 Å². The van der Waals surface area contributed by atoms with Gasteiger partial charge in [-0.15, -0.1) is 10.2 Å². The van der Waals surface area contributed by atoms with Gasteiger partial charge in [-0.3, -0.25) is 4.79 Å². The summed E-state index contributed by atoms with van der Waals surface area (Å²) in [5.41, 5.74) is 0.732. The minimum atomic E-state index is -0.252. The van der Waals surface area contributed by atoms with E-state index in [9.17, 15) is 4.79 Å². The van der Waals surface area contributed by atoms with Crippen molar-refractivity contribution in [3.63, 3.8) is 0 Å². The summed E-state index contributed by atoms with van der Waals surface area (Å²) in [4.78, 5) is 13.6. The maximum Gasteiger partial charge on any atom is 0.311 e. The fraction of sp³-hybridized carbons (Fsp3) is 0.308. The van der Waals surface area contributed by atoms with E-state index in [1.807, 2.05) is 13.8 Å². The van der Waals surface area contributed by atoms with Crippen molar-refractivity contribution in [1.82, 2.24) is 15.1 Å². The van der Waals surface area contributed by atoms with Crippen molar-refractivity contribution in [1.29, 1.82) is 0 Å². The molecule has 2 rings (SSSR count). The minimum absolute atomic E-state index is 0.00801. The highest BCUT2D eigenvalue weighted by Crippen LogP contribution is 2.20. The summed E-state index contributed by atoms with van der Waals surface area (Å²) in [5.74, 6) is 0.0681. The molecule has 0 aliphatic heterocycles. The van der Waals surface area contributed by atoms with Gasteiger partial charge >= 0.3 is 11.8 Å². The Balaban J connectivity index is 2.23. The van der Waals surface area contributed by atoms with E-state index < -0.39 is 0 Å². The van der Waals surface area contributed by atoms with Crippen molar-refractivity contribution in [3.8, 4) is 11.5 Å². The molecule has 19 heavy (non-hydrogen) atoms. The summed E-state index contributed by atoms with van der Waals surface area (Å²) in [6.45, 7) is 5.01. The largest absolute Gasteiger partial charge is 0.412 e. The SMILES string of the molecule is CCN(CC)C(=O)c1nnc(-c2ccc(Cl)cc2)o1. The van der Waals surface area contributed by atoms with Crippen LogP contribution in [0.5, 0.6) is 0 Å². The van der Waals surface area contributed by atoms with E-state index in [4.69, 9.17) is 16.0 Å². The molecule has 0 saturated carbocycles. The third-order valence-corrected chi connectivity index (χ3v) is 3.00. The van der Waals surface area contributed by atoms with Gasteiger partial charge in [0.15, 0.2) is 0 Å². The number of carbonyl (C=O) groups is 1. The van der Waals surface area contributed by atoms with E-state index in [1.54, 1.807) is 29.2 Å². The average molecular weight is 280 g/mol. The van der Waals surface area contributed by atoms with Gasteiger partial charge in [0.1, 0.15) is 0 Å². The molecule has 0 aliphatic carbocycles. The standard InChI is InChI=1S/C13H14ClN3O2/c1-3-17(4-2)13(18)12-16-15-11(19-12)9-5-7-10(14)8-6-9/h5-8H,3-4H2,1-2H3. The van der Waals surface area contributed by atoms with Crippen LogP contribution in [0.4, 0.5) is 0 Å². The molecule has 0 unspecified atom stereocenters. The summed E-state index contributed by atoms with van der Waals surface area (Å²) in [5, 5.41) is 8.30. The molecule has 0 atom stereocenters. The number of benzene rings is 1. The van der Waals surface area contributed by atoms with Gasteiger partial charge in [0.25, 0.3) is 0 Å². The lowest BCUT2D eigenvalue weighted by molar-refractivity contribution is 0.0733. The van der Waals surface area contributed by atoms with Crippen molar-refractivity contribution in [2.45, 2.75) is 13.8 Å². The lowest BCUT2D eigenvalue weighted by atomic mass is 10.2. The molecule has 5 nitrogen and oxygen atoms in total. The lowest BCUT2D eigenvalue weighted by Gasteiger charge is -2.15. The van der Waals surface area contributed by atoms with E-state index in [0.29, 0.717) is 24.0 Å². The number of aromatic nitrogens is 2. The predicted molar refractivity (Wildman–Crippen MR) is 72.0 cm³/mol. The first-order valence-corrected chi connectivity index (χ1v) is 6.42. The smallest absolute Gasteiger partial charge is 0.311 e. The highest BCUT2D eigenvalue weighted by molar-refractivity contribution is 6.30. The first-order valence-electron chi connectivity index (χ1n) is 6.04. The van der Waals surface area contributed by atoms with Crippen LogP contribution in [0.2, 0.25) is 5.02 Å². The van der Waals surface area contributed by atoms with E-state index in [-0.39, 0.29) is 11.8 Å². The van der Waals surface area contributed by atoms with Crippen LogP contribution in [0, 0.1) is 0 Å². The molecule has 0 bridgehead atoms. The number of hydrogen-bond acceptors (Lipinski definition) is 4. The average Bonchev–Trinajstić information content (AvgIpc) is 2.90. The lowest BCUT2D eigenvalue weighted by Crippen LogP contribution is -2.30. The zero-order chi connectivity index (χ0) is 13.8. The molecule has 0 N–H and O–H groups in total. The van der Waals surface area contributed by atoms with E-state index in [2.05, 4.69) is 10.2 Å². The number of carbonyl (C=O) groups excluding carboxylic acids is 1. The predicted octanol–water partition coefficient (Wildman–Crippen LogP) is 2.87. The van der Waals surface area contributed by atoms with Crippen LogP contribution in [-0.4, -0.2) is 34.1 Å². The van der Waals surface area contributed by atoms with Gasteiger partial charge in [0.05, 0.1) is 0 Å². The first kappa shape index (κ1) is 13.5. The van der Waals surface area contributed by atoms with Crippen LogP contribution in [-0.2, 0) is 0 Å². The molecule has 0 spiro atoms. The number of halogens is 1. The monoisotopic (exact) mass is 279 g/mol. The zero-order valence-electron chi connectivity index (χ0n) is 10.8. The van der Waals surface area contributed by atoms with Gasteiger partial charge in [-0.2, -0.15) is 0 Å². The fourth-order valence-electron chi connectivity index (χ4n) is 1.66. The topological polar surface area (TPSA) is 59.2 Å². The molecule has 0 saturated heterocycles. The van der Waals surface area contributed by atoms with Gasteiger partial charge in [0, 0.05) is 23.7 Å². The third-order valence-electron chi connectivity index (χ3n) is 2.75. The molecule has 2 aromatic rings. The van der Waals surface area contributed by atoms with Crippen LogP contribution in [0.25, 0.3) is 11.5 Å². The summed E-state index contributed by atoms with van der Waals surface area (Å²) in [7, 11) is 0. The second-order valence-electron chi connectivity index (χ2n) is 3.90. The molecule has 6 heteroatoms. The second kappa shape index (κ2) is 5.84. The fourth-order valence-corrected chi connectivity index (χ4v) is 1.79. The van der Waals surface area contributed by atoms with Gasteiger partial charge in [-0.25, -0.2) is 0 Å². The molecule has 1 heterocycles. The Hall–Kier alpha value is -1.88. The van der Waals surface area contributed by atoms with Crippen LogP contribution in [0.15, 0.2) is 28.7 Å². The highest BCUT2D eigenvalue weighted by atomic mass is 35.5. The first-order chi connectivity index (χ1) is 9.15. The van der Waals surface area contributed by atoms with Crippen LogP contribution in [0.1, 0.15) is 24.5 Å². The Morgan fingerprint density at radius 1 is 1.21 bits per heavy atom. The van der Waals surface area contributed by atoms with E-state index in [1.165, 1.54) is 0 Å². The van der Waals surface area contributed by atoms with Crippen molar-refractivity contribution in [2.24, 2.45) is 0 Å². The number of hydrogen-bond donors (Lipinski definition) is 0. The van der Waals surface area contributed by atoms with Gasteiger partial charge in [-0.05, 0) is 38.1 Å². The molecule has 1 aromatic heterocycles. The second-order valence-corrected chi connectivity index (χ2v) is 4.33. The Kier molecular flexibility index (Phi) is 4.16. The molecule has 100 valence electrons. The summed E-state index contributed by atoms with van der Waals surface area (Å²) < 4.78 is 5.40. The number of amides is 1. The normalized spacial score (nSPS) is 10.5. The summed E-state index contributed by atoms with van der Waals surface area (Å²) >= 11 is 5.81. The van der Waals surface area contributed by atoms with Crippen LogP contribution < -0.4 is 0 Å². The van der Waals surface area contributed by atoms with Crippen molar-refractivity contribution in [3.05, 3.63) is 35.2 Å². The third kappa shape index (κ3) is 2.93. The summed E-state index contributed by atoms with van der Waals surface area (Å²) in [6, 6.07) is 6.99. The van der Waals surface area contributed by atoms with Gasteiger partial charge in [0.2, 0.25) is 5.89 Å². The quantitative estimate of drug-likeness (QED) is 0.863. The van der Waals surface area contributed by atoms with E-state index >= 15 is 0 Å².